The van der Waals surface area contributed by atoms with Gasteiger partial charge in [0, 0.05) is 22.1 Å². The van der Waals surface area contributed by atoms with Crippen LogP contribution in [0.25, 0.3) is 10.8 Å². The van der Waals surface area contributed by atoms with Gasteiger partial charge in [-0.1, -0.05) is 46.3 Å². The van der Waals surface area contributed by atoms with E-state index in [4.69, 9.17) is 4.74 Å². The lowest BCUT2D eigenvalue weighted by atomic mass is 10.0. The third kappa shape index (κ3) is 3.37. The molecule has 1 amide bonds. The van der Waals surface area contributed by atoms with Gasteiger partial charge in [0.25, 0.3) is 5.91 Å². The summed E-state index contributed by atoms with van der Waals surface area (Å²) in [7, 11) is 1.64. The van der Waals surface area contributed by atoms with Crippen molar-refractivity contribution in [2.45, 2.75) is 6.54 Å². The topological polar surface area (TPSA) is 38.3 Å². The van der Waals surface area contributed by atoms with Crippen molar-refractivity contribution >= 4 is 32.6 Å². The van der Waals surface area contributed by atoms with Crippen molar-refractivity contribution in [3.63, 3.8) is 0 Å². The molecule has 4 heteroatoms. The van der Waals surface area contributed by atoms with E-state index in [1.165, 1.54) is 0 Å². The molecule has 0 spiro atoms. The van der Waals surface area contributed by atoms with E-state index >= 15 is 0 Å². The molecule has 0 aliphatic heterocycles. The SMILES string of the molecule is COc1ccc2cc(Br)ccc2c1CNC(=O)c1ccccc1. The molecule has 116 valence electrons. The quantitative estimate of drug-likeness (QED) is 0.732. The summed E-state index contributed by atoms with van der Waals surface area (Å²) < 4.78 is 6.48. The van der Waals surface area contributed by atoms with Gasteiger partial charge in [0.15, 0.2) is 0 Å². The summed E-state index contributed by atoms with van der Waals surface area (Å²) in [6.45, 7) is 0.413. The molecule has 3 nitrogen and oxygen atoms in total. The fourth-order valence-corrected chi connectivity index (χ4v) is 2.96. The number of hydrogen-bond donors (Lipinski definition) is 1. The molecule has 3 rings (SSSR count). The van der Waals surface area contributed by atoms with Gasteiger partial charge < -0.3 is 10.1 Å². The second-order valence-corrected chi connectivity index (χ2v) is 6.08. The predicted molar refractivity (Wildman–Crippen MR) is 95.8 cm³/mol. The fourth-order valence-electron chi connectivity index (χ4n) is 2.58. The normalized spacial score (nSPS) is 10.5. The fraction of sp³-hybridized carbons (Fsp3) is 0.105. The van der Waals surface area contributed by atoms with Crippen LogP contribution in [0.15, 0.2) is 65.1 Å². The lowest BCUT2D eigenvalue weighted by molar-refractivity contribution is 0.0951. The van der Waals surface area contributed by atoms with E-state index in [1.807, 2.05) is 42.5 Å². The number of methoxy groups -OCH3 is 1. The van der Waals surface area contributed by atoms with Gasteiger partial charge in [0.1, 0.15) is 5.75 Å². The van der Waals surface area contributed by atoms with Crippen LogP contribution in [0.1, 0.15) is 15.9 Å². The first-order chi connectivity index (χ1) is 11.2. The average molecular weight is 370 g/mol. The first-order valence-corrected chi connectivity index (χ1v) is 8.06. The maximum atomic E-state index is 12.2. The second kappa shape index (κ2) is 6.84. The van der Waals surface area contributed by atoms with E-state index in [-0.39, 0.29) is 5.91 Å². The molecule has 0 aromatic heterocycles. The molecule has 3 aromatic carbocycles. The molecule has 0 aliphatic rings. The maximum Gasteiger partial charge on any atom is 0.251 e. The van der Waals surface area contributed by atoms with Crippen molar-refractivity contribution in [1.29, 1.82) is 0 Å². The highest BCUT2D eigenvalue weighted by Gasteiger charge is 2.11. The first-order valence-electron chi connectivity index (χ1n) is 7.27. The molecule has 3 aromatic rings. The first kappa shape index (κ1) is 15.6. The van der Waals surface area contributed by atoms with Crippen LogP contribution in [-0.4, -0.2) is 13.0 Å². The minimum atomic E-state index is -0.0956. The van der Waals surface area contributed by atoms with Crippen LogP contribution >= 0.6 is 15.9 Å². The van der Waals surface area contributed by atoms with Gasteiger partial charge in [0.05, 0.1) is 7.11 Å². The highest BCUT2D eigenvalue weighted by Crippen LogP contribution is 2.29. The van der Waals surface area contributed by atoms with Crippen LogP contribution in [0.3, 0.4) is 0 Å². The number of fused-ring (bicyclic) bond motifs is 1. The molecule has 0 radical (unpaired) electrons. The summed E-state index contributed by atoms with van der Waals surface area (Å²) >= 11 is 3.48. The summed E-state index contributed by atoms with van der Waals surface area (Å²) in [5.74, 6) is 0.676. The van der Waals surface area contributed by atoms with Crippen LogP contribution in [-0.2, 0) is 6.54 Å². The monoisotopic (exact) mass is 369 g/mol. The number of benzene rings is 3. The molecular formula is C19H16BrNO2. The average Bonchev–Trinajstić information content (AvgIpc) is 2.59. The molecule has 0 heterocycles. The minimum absolute atomic E-state index is 0.0956. The Hall–Kier alpha value is -2.33. The minimum Gasteiger partial charge on any atom is -0.496 e. The van der Waals surface area contributed by atoms with Crippen molar-refractivity contribution in [2.75, 3.05) is 7.11 Å². The summed E-state index contributed by atoms with van der Waals surface area (Å²) in [4.78, 5) is 12.2. The summed E-state index contributed by atoms with van der Waals surface area (Å²) in [5, 5.41) is 5.14. The molecule has 1 N–H and O–H groups in total. The Balaban J connectivity index is 1.91. The van der Waals surface area contributed by atoms with Crippen LogP contribution < -0.4 is 10.1 Å². The largest absolute Gasteiger partial charge is 0.496 e. The van der Waals surface area contributed by atoms with E-state index in [1.54, 1.807) is 19.2 Å². The zero-order chi connectivity index (χ0) is 16.2. The number of amides is 1. The number of hydrogen-bond acceptors (Lipinski definition) is 2. The molecule has 0 aliphatic carbocycles. The number of halogens is 1. The van der Waals surface area contributed by atoms with Crippen molar-refractivity contribution in [3.8, 4) is 5.75 Å². The van der Waals surface area contributed by atoms with Crippen LogP contribution in [0.5, 0.6) is 5.75 Å². The zero-order valence-electron chi connectivity index (χ0n) is 12.7. The van der Waals surface area contributed by atoms with Gasteiger partial charge in [0.2, 0.25) is 0 Å². The van der Waals surface area contributed by atoms with E-state index < -0.39 is 0 Å². The zero-order valence-corrected chi connectivity index (χ0v) is 14.3. The summed E-state index contributed by atoms with van der Waals surface area (Å²) in [6, 6.07) is 19.2. The maximum absolute atomic E-state index is 12.2. The van der Waals surface area contributed by atoms with Gasteiger partial charge in [-0.25, -0.2) is 0 Å². The van der Waals surface area contributed by atoms with E-state index in [0.29, 0.717) is 12.1 Å². The lowest BCUT2D eigenvalue weighted by Crippen LogP contribution is -2.23. The Bertz CT molecular complexity index is 847. The molecule has 0 saturated carbocycles. The molecule has 0 saturated heterocycles. The highest BCUT2D eigenvalue weighted by molar-refractivity contribution is 9.10. The summed E-state index contributed by atoms with van der Waals surface area (Å²) in [6.07, 6.45) is 0. The Morgan fingerprint density at radius 3 is 2.61 bits per heavy atom. The molecule has 0 unspecified atom stereocenters. The Morgan fingerprint density at radius 1 is 1.09 bits per heavy atom. The van der Waals surface area contributed by atoms with Gasteiger partial charge in [-0.2, -0.15) is 0 Å². The van der Waals surface area contributed by atoms with Crippen molar-refractivity contribution in [3.05, 3.63) is 76.3 Å². The van der Waals surface area contributed by atoms with E-state index in [0.717, 1.165) is 26.6 Å². The number of ether oxygens (including phenoxy) is 1. The molecule has 0 atom stereocenters. The van der Waals surface area contributed by atoms with Crippen LogP contribution in [0.2, 0.25) is 0 Å². The third-order valence-corrected chi connectivity index (χ3v) is 4.23. The van der Waals surface area contributed by atoms with Crippen LogP contribution in [0.4, 0.5) is 0 Å². The third-order valence-electron chi connectivity index (χ3n) is 3.73. The van der Waals surface area contributed by atoms with Gasteiger partial charge in [-0.05, 0) is 41.1 Å². The highest BCUT2D eigenvalue weighted by atomic mass is 79.9. The molecule has 0 bridgehead atoms. The van der Waals surface area contributed by atoms with Gasteiger partial charge in [-0.15, -0.1) is 0 Å². The van der Waals surface area contributed by atoms with Crippen molar-refractivity contribution < 1.29 is 9.53 Å². The number of nitrogens with one attached hydrogen (secondary N) is 1. The second-order valence-electron chi connectivity index (χ2n) is 5.16. The Labute approximate surface area is 143 Å². The van der Waals surface area contributed by atoms with E-state index in [9.17, 15) is 4.79 Å². The van der Waals surface area contributed by atoms with Crippen molar-refractivity contribution in [2.24, 2.45) is 0 Å². The molecular weight excluding hydrogens is 354 g/mol. The lowest BCUT2D eigenvalue weighted by Gasteiger charge is -2.13. The molecule has 23 heavy (non-hydrogen) atoms. The van der Waals surface area contributed by atoms with E-state index in [2.05, 4.69) is 27.3 Å². The smallest absolute Gasteiger partial charge is 0.251 e. The number of carbonyl (C=O) groups is 1. The van der Waals surface area contributed by atoms with Gasteiger partial charge >= 0.3 is 0 Å². The Morgan fingerprint density at radius 2 is 1.87 bits per heavy atom. The number of carbonyl (C=O) groups excluding carboxylic acids is 1. The Kier molecular flexibility index (Phi) is 4.63. The van der Waals surface area contributed by atoms with Crippen LogP contribution in [0, 0.1) is 0 Å². The predicted octanol–water partition coefficient (Wildman–Crippen LogP) is 4.54. The van der Waals surface area contributed by atoms with Gasteiger partial charge in [-0.3, -0.25) is 4.79 Å². The summed E-state index contributed by atoms with van der Waals surface area (Å²) in [5.41, 5.74) is 1.62. The van der Waals surface area contributed by atoms with Crippen molar-refractivity contribution in [1.82, 2.24) is 5.32 Å². The standard InChI is InChI=1S/C19H16BrNO2/c1-23-18-10-7-14-11-15(20)8-9-16(14)17(18)12-21-19(22)13-5-3-2-4-6-13/h2-11H,12H2,1H3,(H,21,22). The molecule has 0 fully saturated rings. The number of rotatable bonds is 4.